The molecule has 1 rings (SSSR count). The number of pyridine rings is 1. The number of Topliss-reactive ketones (excluding diaryl/α,β-unsaturated/α-hetero) is 1. The number of aromatic carboxylic acids is 1. The highest BCUT2D eigenvalue weighted by molar-refractivity contribution is 6.03. The summed E-state index contributed by atoms with van der Waals surface area (Å²) in [5.74, 6) is -1.35. The SMILES string of the molecule is COc1ccc(C(=O)O)c(C(C)=O)n1. The van der Waals surface area contributed by atoms with E-state index < -0.39 is 11.8 Å². The molecule has 0 spiro atoms. The van der Waals surface area contributed by atoms with Crippen LogP contribution in [0.4, 0.5) is 0 Å². The van der Waals surface area contributed by atoms with Gasteiger partial charge in [0.05, 0.1) is 12.7 Å². The second-order valence-corrected chi connectivity index (χ2v) is 2.61. The Morgan fingerprint density at radius 2 is 2.07 bits per heavy atom. The molecule has 0 saturated heterocycles. The molecule has 1 heterocycles. The second kappa shape index (κ2) is 3.87. The number of rotatable bonds is 3. The second-order valence-electron chi connectivity index (χ2n) is 2.61. The van der Waals surface area contributed by atoms with Gasteiger partial charge in [0.1, 0.15) is 5.69 Å². The minimum Gasteiger partial charge on any atom is -0.481 e. The maximum absolute atomic E-state index is 11.1. The summed E-state index contributed by atoms with van der Waals surface area (Å²) in [4.78, 5) is 25.5. The molecule has 0 aliphatic rings. The molecule has 5 nitrogen and oxygen atoms in total. The number of hydrogen-bond donors (Lipinski definition) is 1. The summed E-state index contributed by atoms with van der Waals surface area (Å²) in [7, 11) is 1.40. The first-order chi connectivity index (χ1) is 6.56. The Balaban J connectivity index is 3.31. The molecule has 74 valence electrons. The van der Waals surface area contributed by atoms with Gasteiger partial charge in [-0.2, -0.15) is 0 Å². The number of carboxylic acids is 1. The van der Waals surface area contributed by atoms with Crippen LogP contribution in [0.3, 0.4) is 0 Å². The van der Waals surface area contributed by atoms with Crippen molar-refractivity contribution in [3.63, 3.8) is 0 Å². The topological polar surface area (TPSA) is 76.5 Å². The molecule has 1 N–H and O–H groups in total. The molecule has 1 aromatic rings. The van der Waals surface area contributed by atoms with Gasteiger partial charge in [0, 0.05) is 13.0 Å². The fourth-order valence-corrected chi connectivity index (χ4v) is 0.996. The van der Waals surface area contributed by atoms with E-state index in [0.717, 1.165) is 0 Å². The van der Waals surface area contributed by atoms with Crippen LogP contribution in [0.1, 0.15) is 27.8 Å². The first-order valence-corrected chi connectivity index (χ1v) is 3.85. The third kappa shape index (κ3) is 1.87. The molecule has 0 atom stereocenters. The van der Waals surface area contributed by atoms with Crippen LogP contribution in [-0.4, -0.2) is 29.0 Å². The highest BCUT2D eigenvalue weighted by Gasteiger charge is 2.15. The summed E-state index contributed by atoms with van der Waals surface area (Å²) in [6, 6.07) is 2.70. The minimum atomic E-state index is -1.18. The van der Waals surface area contributed by atoms with E-state index in [1.54, 1.807) is 0 Å². The molecule has 1 aromatic heterocycles. The van der Waals surface area contributed by atoms with Gasteiger partial charge in [-0.1, -0.05) is 0 Å². The minimum absolute atomic E-state index is 0.0862. The predicted molar refractivity (Wildman–Crippen MR) is 47.8 cm³/mol. The largest absolute Gasteiger partial charge is 0.481 e. The third-order valence-corrected chi connectivity index (χ3v) is 1.64. The zero-order valence-electron chi connectivity index (χ0n) is 7.77. The molecule has 0 aliphatic heterocycles. The van der Waals surface area contributed by atoms with Gasteiger partial charge in [-0.25, -0.2) is 9.78 Å². The van der Waals surface area contributed by atoms with E-state index in [2.05, 4.69) is 4.98 Å². The summed E-state index contributed by atoms with van der Waals surface area (Å²) in [5.41, 5.74) is -0.199. The fourth-order valence-electron chi connectivity index (χ4n) is 0.996. The van der Waals surface area contributed by atoms with E-state index in [1.165, 1.54) is 26.2 Å². The number of carbonyl (C=O) groups excluding carboxylic acids is 1. The third-order valence-electron chi connectivity index (χ3n) is 1.64. The van der Waals surface area contributed by atoms with E-state index in [4.69, 9.17) is 9.84 Å². The number of ketones is 1. The Bertz CT molecular complexity index is 386. The molecular formula is C9H9NO4. The van der Waals surface area contributed by atoms with Crippen molar-refractivity contribution in [2.24, 2.45) is 0 Å². The van der Waals surface area contributed by atoms with Gasteiger partial charge >= 0.3 is 5.97 Å². The normalized spacial score (nSPS) is 9.57. The first-order valence-electron chi connectivity index (χ1n) is 3.85. The number of aromatic nitrogens is 1. The number of carbonyl (C=O) groups is 2. The maximum Gasteiger partial charge on any atom is 0.338 e. The number of ether oxygens (including phenoxy) is 1. The zero-order chi connectivity index (χ0) is 10.7. The van der Waals surface area contributed by atoms with Crippen LogP contribution < -0.4 is 4.74 Å². The maximum atomic E-state index is 11.1. The highest BCUT2D eigenvalue weighted by atomic mass is 16.5. The van der Waals surface area contributed by atoms with Gasteiger partial charge in [-0.15, -0.1) is 0 Å². The molecule has 0 amide bonds. The van der Waals surface area contributed by atoms with Gasteiger partial charge in [0.25, 0.3) is 0 Å². The van der Waals surface area contributed by atoms with Crippen molar-refractivity contribution in [2.75, 3.05) is 7.11 Å². The molecule has 0 saturated carbocycles. The molecule has 0 aromatic carbocycles. The summed E-state index contributed by atoms with van der Waals surface area (Å²) >= 11 is 0. The molecule has 0 aliphatic carbocycles. The van der Waals surface area contributed by atoms with Gasteiger partial charge < -0.3 is 9.84 Å². The standard InChI is InChI=1S/C9H9NO4/c1-5(11)8-6(9(12)13)3-4-7(10-8)14-2/h3-4H,1-2H3,(H,12,13). The molecule has 0 unspecified atom stereocenters. The van der Waals surface area contributed by atoms with Gasteiger partial charge in [0.2, 0.25) is 5.88 Å². The van der Waals surface area contributed by atoms with E-state index in [9.17, 15) is 9.59 Å². The number of carboxylic acid groups (broad SMARTS) is 1. The van der Waals surface area contributed by atoms with E-state index in [-0.39, 0.29) is 17.1 Å². The van der Waals surface area contributed by atoms with Crippen molar-refractivity contribution in [3.05, 3.63) is 23.4 Å². The Hall–Kier alpha value is -1.91. The van der Waals surface area contributed by atoms with Gasteiger partial charge in [-0.3, -0.25) is 4.79 Å². The van der Waals surface area contributed by atoms with Crippen molar-refractivity contribution in [3.8, 4) is 5.88 Å². The highest BCUT2D eigenvalue weighted by Crippen LogP contribution is 2.13. The molecule has 14 heavy (non-hydrogen) atoms. The van der Waals surface area contributed by atoms with Crippen LogP contribution in [0.25, 0.3) is 0 Å². The Morgan fingerprint density at radius 1 is 1.43 bits per heavy atom. The number of nitrogens with zero attached hydrogens (tertiary/aromatic N) is 1. The van der Waals surface area contributed by atoms with E-state index in [1.807, 2.05) is 0 Å². The first kappa shape index (κ1) is 10.2. The van der Waals surface area contributed by atoms with Crippen LogP contribution in [0, 0.1) is 0 Å². The number of methoxy groups -OCH3 is 1. The zero-order valence-corrected chi connectivity index (χ0v) is 7.77. The van der Waals surface area contributed by atoms with Crippen LogP contribution >= 0.6 is 0 Å². The average molecular weight is 195 g/mol. The van der Waals surface area contributed by atoms with Crippen LogP contribution in [0.2, 0.25) is 0 Å². The lowest BCUT2D eigenvalue weighted by Crippen LogP contribution is -2.09. The molecule has 0 bridgehead atoms. The quantitative estimate of drug-likeness (QED) is 0.728. The Labute approximate surface area is 80.3 Å². The van der Waals surface area contributed by atoms with Crippen LogP contribution in [0.15, 0.2) is 12.1 Å². The lowest BCUT2D eigenvalue weighted by Gasteiger charge is -2.03. The van der Waals surface area contributed by atoms with E-state index >= 15 is 0 Å². The van der Waals surface area contributed by atoms with Crippen LogP contribution in [0.5, 0.6) is 5.88 Å². The summed E-state index contributed by atoms with van der Waals surface area (Å²) in [6.07, 6.45) is 0. The smallest absolute Gasteiger partial charge is 0.338 e. The van der Waals surface area contributed by atoms with Crippen molar-refractivity contribution >= 4 is 11.8 Å². The van der Waals surface area contributed by atoms with E-state index in [0.29, 0.717) is 0 Å². The van der Waals surface area contributed by atoms with Crippen molar-refractivity contribution in [1.82, 2.24) is 4.98 Å². The Morgan fingerprint density at radius 3 is 2.50 bits per heavy atom. The van der Waals surface area contributed by atoms with Gasteiger partial charge in [-0.05, 0) is 6.07 Å². The number of hydrogen-bond acceptors (Lipinski definition) is 4. The molecular weight excluding hydrogens is 186 g/mol. The molecule has 0 fully saturated rings. The predicted octanol–water partition coefficient (Wildman–Crippen LogP) is 0.991. The van der Waals surface area contributed by atoms with Crippen LogP contribution in [-0.2, 0) is 0 Å². The van der Waals surface area contributed by atoms with Crippen molar-refractivity contribution in [1.29, 1.82) is 0 Å². The van der Waals surface area contributed by atoms with Gasteiger partial charge in [0.15, 0.2) is 5.78 Å². The lowest BCUT2D eigenvalue weighted by molar-refractivity contribution is 0.0691. The average Bonchev–Trinajstić information content (AvgIpc) is 2.16. The fraction of sp³-hybridized carbons (Fsp3) is 0.222. The summed E-state index contributed by atoms with van der Waals surface area (Å²) < 4.78 is 4.78. The van der Waals surface area contributed by atoms with Crippen molar-refractivity contribution < 1.29 is 19.4 Å². The summed E-state index contributed by atoms with van der Waals surface area (Å²) in [5, 5.41) is 8.75. The monoisotopic (exact) mass is 195 g/mol. The summed E-state index contributed by atoms with van der Waals surface area (Å²) in [6.45, 7) is 1.26. The molecule has 0 radical (unpaired) electrons. The molecule has 5 heteroatoms. The lowest BCUT2D eigenvalue weighted by atomic mass is 10.1. The van der Waals surface area contributed by atoms with Crippen molar-refractivity contribution in [2.45, 2.75) is 6.92 Å². The Kier molecular flexibility index (Phi) is 2.81.